The van der Waals surface area contributed by atoms with Crippen LogP contribution in [0.5, 0.6) is 0 Å². The quantitative estimate of drug-likeness (QED) is 0.799. The van der Waals surface area contributed by atoms with Gasteiger partial charge in [0.25, 0.3) is 0 Å². The molecule has 2 atom stereocenters. The molecular weight excluding hydrogens is 254 g/mol. The lowest BCUT2D eigenvalue weighted by atomic mass is 9.88. The van der Waals surface area contributed by atoms with Crippen molar-refractivity contribution in [2.75, 3.05) is 6.54 Å². The van der Waals surface area contributed by atoms with E-state index in [1.54, 1.807) is 0 Å². The molecule has 2 aromatic rings. The third-order valence-electron chi connectivity index (χ3n) is 4.28. The molecule has 1 heteroatoms. The highest BCUT2D eigenvalue weighted by atomic mass is 14.9. The predicted molar refractivity (Wildman–Crippen MR) is 91.6 cm³/mol. The summed E-state index contributed by atoms with van der Waals surface area (Å²) in [5.74, 6) is 0.564. The molecule has 21 heavy (non-hydrogen) atoms. The van der Waals surface area contributed by atoms with Gasteiger partial charge in [-0.1, -0.05) is 62.4 Å². The van der Waals surface area contributed by atoms with Crippen LogP contribution in [0.2, 0.25) is 0 Å². The van der Waals surface area contributed by atoms with Crippen LogP contribution in [0.3, 0.4) is 0 Å². The van der Waals surface area contributed by atoms with E-state index in [9.17, 15) is 0 Å². The van der Waals surface area contributed by atoms with E-state index in [0.29, 0.717) is 12.0 Å². The van der Waals surface area contributed by atoms with Gasteiger partial charge in [-0.05, 0) is 55.0 Å². The molecule has 0 aliphatic carbocycles. The van der Waals surface area contributed by atoms with E-state index >= 15 is 0 Å². The van der Waals surface area contributed by atoms with Gasteiger partial charge in [-0.3, -0.25) is 0 Å². The number of hydrogen-bond donors (Lipinski definition) is 1. The third-order valence-corrected chi connectivity index (χ3v) is 4.28. The van der Waals surface area contributed by atoms with Gasteiger partial charge < -0.3 is 5.32 Å². The van der Waals surface area contributed by atoms with Gasteiger partial charge in [0, 0.05) is 6.04 Å². The Kier molecular flexibility index (Phi) is 5.58. The van der Waals surface area contributed by atoms with Crippen LogP contribution in [-0.4, -0.2) is 6.54 Å². The normalized spacial score (nSPS) is 13.9. The summed E-state index contributed by atoms with van der Waals surface area (Å²) in [5.41, 5.74) is 5.58. The van der Waals surface area contributed by atoms with E-state index < -0.39 is 0 Å². The Labute approximate surface area is 129 Å². The second-order valence-electron chi connectivity index (χ2n) is 6.05. The van der Waals surface area contributed by atoms with Crippen molar-refractivity contribution in [1.82, 2.24) is 5.32 Å². The molecule has 0 aliphatic rings. The van der Waals surface area contributed by atoms with Crippen LogP contribution in [0.4, 0.5) is 0 Å². The molecule has 0 saturated carbocycles. The van der Waals surface area contributed by atoms with E-state index in [1.165, 1.54) is 22.3 Å². The fourth-order valence-corrected chi connectivity index (χ4v) is 2.95. The average molecular weight is 281 g/mol. The summed E-state index contributed by atoms with van der Waals surface area (Å²) in [5, 5.41) is 3.64. The van der Waals surface area contributed by atoms with Crippen LogP contribution in [0.25, 0.3) is 0 Å². The zero-order chi connectivity index (χ0) is 15.2. The van der Waals surface area contributed by atoms with Crippen molar-refractivity contribution in [2.45, 2.75) is 40.2 Å². The maximum absolute atomic E-state index is 3.64. The van der Waals surface area contributed by atoms with Crippen LogP contribution in [0.1, 0.15) is 42.1 Å². The van der Waals surface area contributed by atoms with Crippen molar-refractivity contribution in [3.8, 4) is 0 Å². The van der Waals surface area contributed by atoms with E-state index in [-0.39, 0.29) is 0 Å². The first kappa shape index (κ1) is 15.8. The second-order valence-corrected chi connectivity index (χ2v) is 6.05. The van der Waals surface area contributed by atoms with Crippen LogP contribution >= 0.6 is 0 Å². The minimum atomic E-state index is 0.415. The Morgan fingerprint density at radius 1 is 0.952 bits per heavy atom. The Hall–Kier alpha value is -1.60. The molecule has 0 saturated heterocycles. The first-order valence-corrected chi connectivity index (χ1v) is 7.96. The SMILES string of the molecule is CCNC(c1ccccc1)C(C)Cc1ccc(C)c(C)c1. The van der Waals surface area contributed by atoms with Crippen LogP contribution in [-0.2, 0) is 6.42 Å². The molecule has 112 valence electrons. The molecular formula is C20H27N. The van der Waals surface area contributed by atoms with Gasteiger partial charge in [0.1, 0.15) is 0 Å². The third kappa shape index (κ3) is 4.18. The summed E-state index contributed by atoms with van der Waals surface area (Å²) in [4.78, 5) is 0. The van der Waals surface area contributed by atoms with Crippen LogP contribution < -0.4 is 5.32 Å². The topological polar surface area (TPSA) is 12.0 Å². The largest absolute Gasteiger partial charge is 0.310 e. The number of nitrogens with one attached hydrogen (secondary N) is 1. The first-order valence-electron chi connectivity index (χ1n) is 7.96. The molecule has 0 amide bonds. The van der Waals surface area contributed by atoms with E-state index in [1.807, 2.05) is 0 Å². The van der Waals surface area contributed by atoms with Gasteiger partial charge in [0.15, 0.2) is 0 Å². The molecule has 1 N–H and O–H groups in total. The highest BCUT2D eigenvalue weighted by molar-refractivity contribution is 5.30. The van der Waals surface area contributed by atoms with Crippen molar-refractivity contribution in [3.05, 3.63) is 70.8 Å². The maximum atomic E-state index is 3.64. The van der Waals surface area contributed by atoms with Crippen molar-refractivity contribution in [3.63, 3.8) is 0 Å². The highest BCUT2D eigenvalue weighted by Gasteiger charge is 2.18. The Bertz CT molecular complexity index is 559. The number of benzene rings is 2. The van der Waals surface area contributed by atoms with Gasteiger partial charge in [-0.2, -0.15) is 0 Å². The Morgan fingerprint density at radius 2 is 1.67 bits per heavy atom. The summed E-state index contributed by atoms with van der Waals surface area (Å²) in [7, 11) is 0. The fourth-order valence-electron chi connectivity index (χ4n) is 2.95. The number of hydrogen-bond acceptors (Lipinski definition) is 1. The van der Waals surface area contributed by atoms with Gasteiger partial charge in [0.05, 0.1) is 0 Å². The predicted octanol–water partition coefficient (Wildman–Crippen LogP) is 4.83. The monoisotopic (exact) mass is 281 g/mol. The van der Waals surface area contributed by atoms with E-state index in [0.717, 1.165) is 13.0 Å². The van der Waals surface area contributed by atoms with Gasteiger partial charge in [-0.25, -0.2) is 0 Å². The van der Waals surface area contributed by atoms with Crippen LogP contribution in [0.15, 0.2) is 48.5 Å². The lowest BCUT2D eigenvalue weighted by Crippen LogP contribution is -2.28. The zero-order valence-electron chi connectivity index (χ0n) is 13.7. The van der Waals surface area contributed by atoms with Crippen molar-refractivity contribution in [1.29, 1.82) is 0 Å². The lowest BCUT2D eigenvalue weighted by molar-refractivity contribution is 0.391. The van der Waals surface area contributed by atoms with Gasteiger partial charge in [-0.15, -0.1) is 0 Å². The number of aryl methyl sites for hydroxylation is 2. The highest BCUT2D eigenvalue weighted by Crippen LogP contribution is 2.25. The molecule has 0 heterocycles. The molecule has 1 nitrogen and oxygen atoms in total. The summed E-state index contributed by atoms with van der Waals surface area (Å²) in [6.07, 6.45) is 1.10. The maximum Gasteiger partial charge on any atom is 0.0349 e. The van der Waals surface area contributed by atoms with E-state index in [4.69, 9.17) is 0 Å². The van der Waals surface area contributed by atoms with Gasteiger partial charge in [0.2, 0.25) is 0 Å². The van der Waals surface area contributed by atoms with Gasteiger partial charge >= 0.3 is 0 Å². The first-order chi connectivity index (χ1) is 10.1. The smallest absolute Gasteiger partial charge is 0.0349 e. The number of rotatable bonds is 6. The summed E-state index contributed by atoms with van der Waals surface area (Å²) in [6.45, 7) is 9.89. The standard InChI is InChI=1S/C20H27N/c1-5-21-20(19-9-7-6-8-10-19)17(4)14-18-12-11-15(2)16(3)13-18/h6-13,17,20-21H,5,14H2,1-4H3. The minimum Gasteiger partial charge on any atom is -0.310 e. The average Bonchev–Trinajstić information content (AvgIpc) is 2.49. The van der Waals surface area contributed by atoms with E-state index in [2.05, 4.69) is 81.5 Å². The summed E-state index contributed by atoms with van der Waals surface area (Å²) < 4.78 is 0. The molecule has 0 spiro atoms. The van der Waals surface area contributed by atoms with Crippen molar-refractivity contribution in [2.24, 2.45) is 5.92 Å². The second kappa shape index (κ2) is 7.42. The molecule has 2 rings (SSSR count). The molecule has 2 unspecified atom stereocenters. The zero-order valence-corrected chi connectivity index (χ0v) is 13.7. The molecule has 2 aromatic carbocycles. The van der Waals surface area contributed by atoms with Crippen molar-refractivity contribution < 1.29 is 0 Å². The molecule has 0 bridgehead atoms. The summed E-state index contributed by atoms with van der Waals surface area (Å²) in [6, 6.07) is 18.0. The molecule has 0 radical (unpaired) electrons. The van der Waals surface area contributed by atoms with Crippen molar-refractivity contribution >= 4 is 0 Å². The Morgan fingerprint density at radius 3 is 2.29 bits per heavy atom. The Balaban J connectivity index is 2.15. The molecule has 0 aliphatic heterocycles. The lowest BCUT2D eigenvalue weighted by Gasteiger charge is -2.25. The molecule has 0 aromatic heterocycles. The fraction of sp³-hybridized carbons (Fsp3) is 0.400. The van der Waals surface area contributed by atoms with Crippen LogP contribution in [0, 0.1) is 19.8 Å². The minimum absolute atomic E-state index is 0.415. The summed E-state index contributed by atoms with van der Waals surface area (Å²) >= 11 is 0. The molecule has 0 fully saturated rings.